The quantitative estimate of drug-likeness (QED) is 0.603. The number of benzene rings is 1. The summed E-state index contributed by atoms with van der Waals surface area (Å²) in [6, 6.07) is 3.24. The third-order valence-corrected chi connectivity index (χ3v) is 4.20. The van der Waals surface area contributed by atoms with Gasteiger partial charge in [-0.25, -0.2) is 9.37 Å². The molecule has 0 radical (unpaired) electrons. The van der Waals surface area contributed by atoms with Gasteiger partial charge in [0.2, 0.25) is 0 Å². The van der Waals surface area contributed by atoms with Crippen LogP contribution in [0.1, 0.15) is 57.8 Å². The lowest BCUT2D eigenvalue weighted by Gasteiger charge is -2.19. The third kappa shape index (κ3) is 3.51. The summed E-state index contributed by atoms with van der Waals surface area (Å²) in [4.78, 5) is 4.54. The molecular formula is C16H21Cl2FN2. The Kier molecular flexibility index (Phi) is 5.15. The Morgan fingerprint density at radius 1 is 1.19 bits per heavy atom. The van der Waals surface area contributed by atoms with Crippen LogP contribution in [0.15, 0.2) is 12.1 Å². The average Bonchev–Trinajstić information content (AvgIpc) is 2.75. The van der Waals surface area contributed by atoms with Crippen LogP contribution in [0, 0.1) is 11.7 Å². The van der Waals surface area contributed by atoms with E-state index < -0.39 is 5.82 Å². The van der Waals surface area contributed by atoms with E-state index in [4.69, 9.17) is 23.2 Å². The van der Waals surface area contributed by atoms with Crippen LogP contribution >= 0.6 is 23.2 Å². The van der Waals surface area contributed by atoms with Crippen LogP contribution in [0.5, 0.6) is 0 Å². The highest BCUT2D eigenvalue weighted by atomic mass is 35.5. The van der Waals surface area contributed by atoms with Crippen LogP contribution in [0.4, 0.5) is 4.39 Å². The number of rotatable bonds is 5. The molecule has 2 aromatic rings. The van der Waals surface area contributed by atoms with Crippen molar-refractivity contribution in [3.63, 3.8) is 0 Å². The molecule has 0 aliphatic heterocycles. The van der Waals surface area contributed by atoms with Gasteiger partial charge >= 0.3 is 0 Å². The summed E-state index contributed by atoms with van der Waals surface area (Å²) in [5, 5.41) is -0.142. The Bertz CT molecular complexity index is 635. The minimum absolute atomic E-state index is 0.0933. The zero-order chi connectivity index (χ0) is 15.7. The number of aromatic nitrogens is 2. The predicted molar refractivity (Wildman–Crippen MR) is 87.8 cm³/mol. The summed E-state index contributed by atoms with van der Waals surface area (Å²) in [6.07, 6.45) is 2.11. The van der Waals surface area contributed by atoms with Crippen molar-refractivity contribution in [2.24, 2.45) is 5.92 Å². The lowest BCUT2D eigenvalue weighted by molar-refractivity contribution is 0.436. The number of hydrogen-bond donors (Lipinski definition) is 0. The van der Waals surface area contributed by atoms with Crippen molar-refractivity contribution < 1.29 is 4.39 Å². The second-order valence-electron chi connectivity index (χ2n) is 6.03. The highest BCUT2D eigenvalue weighted by molar-refractivity contribution is 6.31. The van der Waals surface area contributed by atoms with Crippen LogP contribution in [0.3, 0.4) is 0 Å². The third-order valence-electron chi connectivity index (χ3n) is 3.72. The fourth-order valence-corrected chi connectivity index (χ4v) is 2.87. The van der Waals surface area contributed by atoms with Gasteiger partial charge in [-0.3, -0.25) is 0 Å². The lowest BCUT2D eigenvalue weighted by Crippen LogP contribution is -2.11. The zero-order valence-electron chi connectivity index (χ0n) is 12.8. The molecule has 116 valence electrons. The molecule has 5 heteroatoms. The molecule has 2 unspecified atom stereocenters. The van der Waals surface area contributed by atoms with Crippen molar-refractivity contribution in [1.29, 1.82) is 0 Å². The number of alkyl halides is 1. The minimum Gasteiger partial charge on any atom is -0.324 e. The van der Waals surface area contributed by atoms with Crippen molar-refractivity contribution in [3.05, 3.63) is 28.8 Å². The highest BCUT2D eigenvalue weighted by Gasteiger charge is 2.20. The van der Waals surface area contributed by atoms with Crippen LogP contribution < -0.4 is 0 Å². The van der Waals surface area contributed by atoms with E-state index in [9.17, 15) is 4.39 Å². The van der Waals surface area contributed by atoms with Gasteiger partial charge in [-0.15, -0.1) is 11.6 Å². The van der Waals surface area contributed by atoms with Gasteiger partial charge < -0.3 is 4.57 Å². The molecule has 2 nitrogen and oxygen atoms in total. The first-order chi connectivity index (χ1) is 9.81. The number of imidazole rings is 1. The van der Waals surface area contributed by atoms with Crippen molar-refractivity contribution in [2.45, 2.75) is 52.0 Å². The molecule has 2 rings (SSSR count). The van der Waals surface area contributed by atoms with Crippen LogP contribution in [0.2, 0.25) is 5.02 Å². The van der Waals surface area contributed by atoms with Crippen LogP contribution in [-0.2, 0) is 0 Å². The first kappa shape index (κ1) is 16.6. The van der Waals surface area contributed by atoms with Crippen molar-refractivity contribution in [2.75, 3.05) is 0 Å². The van der Waals surface area contributed by atoms with Crippen LogP contribution in [0.25, 0.3) is 11.0 Å². The van der Waals surface area contributed by atoms with Gasteiger partial charge in [0.15, 0.2) is 0 Å². The van der Waals surface area contributed by atoms with Gasteiger partial charge in [0.1, 0.15) is 11.6 Å². The minimum atomic E-state index is -0.421. The first-order valence-electron chi connectivity index (χ1n) is 7.32. The van der Waals surface area contributed by atoms with Gasteiger partial charge in [0.05, 0.1) is 21.4 Å². The second-order valence-corrected chi connectivity index (χ2v) is 7.09. The molecule has 0 aliphatic rings. The number of fused-ring (bicyclic) bond motifs is 1. The van der Waals surface area contributed by atoms with Gasteiger partial charge in [-0.05, 0) is 38.7 Å². The van der Waals surface area contributed by atoms with Gasteiger partial charge in [0, 0.05) is 12.1 Å². The summed E-state index contributed by atoms with van der Waals surface area (Å²) in [7, 11) is 0. The normalized spacial score (nSPS) is 14.9. The highest BCUT2D eigenvalue weighted by Crippen LogP contribution is 2.32. The average molecular weight is 331 g/mol. The van der Waals surface area contributed by atoms with E-state index in [-0.39, 0.29) is 16.4 Å². The molecule has 0 aliphatic carbocycles. The predicted octanol–water partition coefficient (Wildman–Crippen LogP) is 6.13. The molecule has 0 bridgehead atoms. The molecular weight excluding hydrogens is 310 g/mol. The Hall–Kier alpha value is -0.800. The standard InChI is InChI=1S/C16H21Cl2FN2/c1-9(2)5-6-10(3)21-15-8-13(19)12(18)7-14(15)20-16(21)11(4)17/h7-11H,5-6H2,1-4H3. The molecule has 0 amide bonds. The zero-order valence-corrected chi connectivity index (χ0v) is 14.3. The van der Waals surface area contributed by atoms with Gasteiger partial charge in [0.25, 0.3) is 0 Å². The van der Waals surface area contributed by atoms with E-state index in [1.807, 2.05) is 6.92 Å². The Morgan fingerprint density at radius 3 is 2.43 bits per heavy atom. The second kappa shape index (κ2) is 6.53. The summed E-state index contributed by atoms with van der Waals surface area (Å²) in [5.41, 5.74) is 1.45. The first-order valence-corrected chi connectivity index (χ1v) is 8.13. The Labute approximate surface area is 135 Å². The van der Waals surface area contributed by atoms with Crippen molar-refractivity contribution in [1.82, 2.24) is 9.55 Å². The molecule has 21 heavy (non-hydrogen) atoms. The number of nitrogens with zero attached hydrogens (tertiary/aromatic N) is 2. The van der Waals surface area contributed by atoms with Crippen LogP contribution in [-0.4, -0.2) is 9.55 Å². The van der Waals surface area contributed by atoms with Crippen molar-refractivity contribution >= 4 is 34.2 Å². The van der Waals surface area contributed by atoms with E-state index in [1.54, 1.807) is 6.07 Å². The van der Waals surface area contributed by atoms with E-state index in [1.165, 1.54) is 6.07 Å². The molecule has 2 atom stereocenters. The van der Waals surface area contributed by atoms with Gasteiger partial charge in [-0.2, -0.15) is 0 Å². The number of hydrogen-bond acceptors (Lipinski definition) is 1. The smallest absolute Gasteiger partial charge is 0.144 e. The largest absolute Gasteiger partial charge is 0.324 e. The SMILES string of the molecule is CC(C)CCC(C)n1c(C(C)Cl)nc2cc(Cl)c(F)cc21. The van der Waals surface area contributed by atoms with E-state index in [0.717, 1.165) is 24.2 Å². The molecule has 0 N–H and O–H groups in total. The summed E-state index contributed by atoms with van der Waals surface area (Å²) >= 11 is 12.1. The van der Waals surface area contributed by atoms with Crippen molar-refractivity contribution in [3.8, 4) is 0 Å². The maximum atomic E-state index is 13.8. The summed E-state index contributed by atoms with van der Waals surface area (Å²) < 4.78 is 15.9. The molecule has 0 saturated heterocycles. The molecule has 1 aromatic heterocycles. The summed E-state index contributed by atoms with van der Waals surface area (Å²) in [6.45, 7) is 8.40. The molecule has 0 spiro atoms. The Morgan fingerprint density at radius 2 is 1.86 bits per heavy atom. The van der Waals surface area contributed by atoms with E-state index >= 15 is 0 Å². The molecule has 1 heterocycles. The molecule has 0 saturated carbocycles. The van der Waals surface area contributed by atoms with E-state index in [2.05, 4.69) is 30.3 Å². The fraction of sp³-hybridized carbons (Fsp3) is 0.562. The maximum absolute atomic E-state index is 13.8. The maximum Gasteiger partial charge on any atom is 0.144 e. The van der Waals surface area contributed by atoms with E-state index in [0.29, 0.717) is 11.4 Å². The monoisotopic (exact) mass is 330 g/mol. The topological polar surface area (TPSA) is 17.8 Å². The summed E-state index contributed by atoms with van der Waals surface area (Å²) in [5.74, 6) is 0.977. The molecule has 0 fully saturated rings. The number of halogens is 3. The Balaban J connectivity index is 2.52. The molecule has 1 aromatic carbocycles. The fourth-order valence-electron chi connectivity index (χ4n) is 2.56. The van der Waals surface area contributed by atoms with Gasteiger partial charge in [-0.1, -0.05) is 25.4 Å². The lowest BCUT2D eigenvalue weighted by atomic mass is 10.0.